The summed E-state index contributed by atoms with van der Waals surface area (Å²) >= 11 is 4.72. The number of anilines is 1. The average molecular weight is 425 g/mol. The smallest absolute Gasteiger partial charge is 0.275 e. The number of carbonyl (C=O) groups excluding carboxylic acids is 2. The highest BCUT2D eigenvalue weighted by atomic mass is 32.1. The van der Waals surface area contributed by atoms with E-state index in [4.69, 9.17) is 9.97 Å². The SMILES string of the molecule is CC1=C(Nc2nc(-c3cccs3)nc3scc(-c4cccs4)c23)C(=O)NC1=O. The molecule has 0 aromatic carbocycles. The van der Waals surface area contributed by atoms with Gasteiger partial charge in [0.15, 0.2) is 5.82 Å². The number of imide groups is 1. The fraction of sp³-hybridized carbons (Fsp3) is 0.0526. The first kappa shape index (κ1) is 17.2. The molecule has 6 nitrogen and oxygen atoms in total. The van der Waals surface area contributed by atoms with Gasteiger partial charge in [0.05, 0.1) is 10.3 Å². The van der Waals surface area contributed by atoms with Gasteiger partial charge in [-0.3, -0.25) is 14.9 Å². The third kappa shape index (κ3) is 2.75. The number of nitrogens with zero attached hydrogens (tertiary/aromatic N) is 2. The first-order chi connectivity index (χ1) is 13.6. The topological polar surface area (TPSA) is 84.0 Å². The van der Waals surface area contributed by atoms with Gasteiger partial charge in [-0.05, 0) is 29.8 Å². The third-order valence-corrected chi connectivity index (χ3v) is 7.02. The lowest BCUT2D eigenvalue weighted by Crippen LogP contribution is -2.24. The molecule has 4 aromatic heterocycles. The number of aromatic nitrogens is 2. The highest BCUT2D eigenvalue weighted by Crippen LogP contribution is 2.40. The third-order valence-electron chi connectivity index (χ3n) is 4.37. The van der Waals surface area contributed by atoms with Crippen LogP contribution in [-0.2, 0) is 9.59 Å². The van der Waals surface area contributed by atoms with Gasteiger partial charge >= 0.3 is 0 Å². The zero-order valence-corrected chi connectivity index (χ0v) is 16.9. The number of fused-ring (bicyclic) bond motifs is 1. The van der Waals surface area contributed by atoms with Crippen LogP contribution in [0.2, 0.25) is 0 Å². The van der Waals surface area contributed by atoms with Crippen LogP contribution in [0.15, 0.2) is 51.7 Å². The zero-order valence-electron chi connectivity index (χ0n) is 14.5. The van der Waals surface area contributed by atoms with E-state index in [0.29, 0.717) is 17.2 Å². The van der Waals surface area contributed by atoms with Crippen LogP contribution in [0, 0.1) is 0 Å². The van der Waals surface area contributed by atoms with Crippen molar-refractivity contribution >= 4 is 61.9 Å². The second-order valence-corrected chi connectivity index (χ2v) is 8.84. The molecule has 2 N–H and O–H groups in total. The number of hydrogen-bond donors (Lipinski definition) is 2. The summed E-state index contributed by atoms with van der Waals surface area (Å²) in [5.74, 6) is 0.282. The quantitative estimate of drug-likeness (QED) is 0.472. The molecule has 9 heteroatoms. The lowest BCUT2D eigenvalue weighted by Gasteiger charge is -2.10. The minimum atomic E-state index is -0.445. The van der Waals surface area contributed by atoms with Crippen LogP contribution in [0.3, 0.4) is 0 Å². The number of hydrogen-bond acceptors (Lipinski definition) is 8. The lowest BCUT2D eigenvalue weighted by molar-refractivity contribution is -0.124. The van der Waals surface area contributed by atoms with Gasteiger partial charge in [0.1, 0.15) is 16.3 Å². The maximum Gasteiger partial charge on any atom is 0.275 e. The molecule has 0 saturated carbocycles. The van der Waals surface area contributed by atoms with E-state index in [0.717, 1.165) is 25.5 Å². The van der Waals surface area contributed by atoms with Crippen LogP contribution in [-0.4, -0.2) is 21.8 Å². The van der Waals surface area contributed by atoms with Crippen LogP contribution in [0.1, 0.15) is 6.92 Å². The molecule has 0 saturated heterocycles. The molecule has 4 aromatic rings. The molecule has 1 aliphatic rings. The Morgan fingerprint density at radius 1 is 0.964 bits per heavy atom. The zero-order chi connectivity index (χ0) is 19.3. The second kappa shape index (κ2) is 6.62. The first-order valence-corrected chi connectivity index (χ1v) is 11.0. The Morgan fingerprint density at radius 2 is 1.71 bits per heavy atom. The van der Waals surface area contributed by atoms with Crippen molar-refractivity contribution in [3.8, 4) is 21.1 Å². The lowest BCUT2D eigenvalue weighted by atomic mass is 10.2. The Labute approximate surface area is 171 Å². The Kier molecular flexibility index (Phi) is 4.08. The fourth-order valence-electron chi connectivity index (χ4n) is 2.97. The van der Waals surface area contributed by atoms with Crippen molar-refractivity contribution in [3.05, 3.63) is 51.7 Å². The van der Waals surface area contributed by atoms with E-state index < -0.39 is 5.91 Å². The molecule has 2 amide bonds. The van der Waals surface area contributed by atoms with Crippen LogP contribution < -0.4 is 10.6 Å². The summed E-state index contributed by atoms with van der Waals surface area (Å²) in [6.45, 7) is 1.62. The summed E-state index contributed by atoms with van der Waals surface area (Å²) in [5.41, 5.74) is 1.59. The molecular weight excluding hydrogens is 412 g/mol. The molecule has 0 fully saturated rings. The van der Waals surface area contributed by atoms with Crippen molar-refractivity contribution in [3.63, 3.8) is 0 Å². The maximum atomic E-state index is 12.2. The van der Waals surface area contributed by atoms with Crippen molar-refractivity contribution in [1.29, 1.82) is 0 Å². The van der Waals surface area contributed by atoms with Crippen molar-refractivity contribution in [1.82, 2.24) is 15.3 Å². The van der Waals surface area contributed by atoms with Gasteiger partial charge in [0.2, 0.25) is 0 Å². The van der Waals surface area contributed by atoms with E-state index in [2.05, 4.69) is 16.0 Å². The molecule has 5 heterocycles. The highest BCUT2D eigenvalue weighted by Gasteiger charge is 2.29. The van der Waals surface area contributed by atoms with Gasteiger partial charge in [0, 0.05) is 21.4 Å². The molecule has 0 bridgehead atoms. The summed E-state index contributed by atoms with van der Waals surface area (Å²) < 4.78 is 0. The predicted molar refractivity (Wildman–Crippen MR) is 114 cm³/mol. The van der Waals surface area contributed by atoms with E-state index in [1.807, 2.05) is 35.0 Å². The van der Waals surface area contributed by atoms with Gasteiger partial charge in [-0.25, -0.2) is 9.97 Å². The summed E-state index contributed by atoms with van der Waals surface area (Å²) in [6, 6.07) is 7.94. The molecule has 0 unspecified atom stereocenters. The van der Waals surface area contributed by atoms with Gasteiger partial charge < -0.3 is 5.32 Å². The van der Waals surface area contributed by atoms with Crippen molar-refractivity contribution < 1.29 is 9.59 Å². The van der Waals surface area contributed by atoms with E-state index in [9.17, 15) is 9.59 Å². The molecule has 0 radical (unpaired) electrons. The molecule has 1 aliphatic heterocycles. The Hall–Kier alpha value is -2.88. The standard InChI is InChI=1S/C19H12N4O2S3/c1-9-14(18(25)23-17(9)24)20-16-13-10(11-4-2-6-26-11)8-28-19(13)22-15(21-16)12-5-3-7-27-12/h2-8H,1H3,(H2,20,21,22,23,24,25). The van der Waals surface area contributed by atoms with Crippen molar-refractivity contribution in [2.75, 3.05) is 5.32 Å². The normalized spacial score (nSPS) is 14.2. The summed E-state index contributed by atoms with van der Waals surface area (Å²) in [7, 11) is 0. The molecule has 138 valence electrons. The van der Waals surface area contributed by atoms with Crippen molar-refractivity contribution in [2.24, 2.45) is 0 Å². The Bertz CT molecular complexity index is 1250. The number of thiophene rings is 3. The van der Waals surface area contributed by atoms with E-state index in [-0.39, 0.29) is 11.6 Å². The molecule has 28 heavy (non-hydrogen) atoms. The van der Waals surface area contributed by atoms with Crippen molar-refractivity contribution in [2.45, 2.75) is 6.92 Å². The number of nitrogens with one attached hydrogen (secondary N) is 2. The summed E-state index contributed by atoms with van der Waals surface area (Å²) in [5, 5.41) is 12.3. The van der Waals surface area contributed by atoms with Crippen LogP contribution >= 0.6 is 34.0 Å². The molecule has 0 atom stereocenters. The van der Waals surface area contributed by atoms with Gasteiger partial charge in [-0.2, -0.15) is 0 Å². The average Bonchev–Trinajstić information content (AvgIpc) is 3.46. The number of rotatable bonds is 4. The number of amides is 2. The van der Waals surface area contributed by atoms with E-state index in [1.54, 1.807) is 29.6 Å². The Morgan fingerprint density at radius 3 is 2.36 bits per heavy atom. The predicted octanol–water partition coefficient (Wildman–Crippen LogP) is 4.49. The van der Waals surface area contributed by atoms with Crippen LogP contribution in [0.25, 0.3) is 31.4 Å². The summed E-state index contributed by atoms with van der Waals surface area (Å²) in [4.78, 5) is 36.4. The first-order valence-electron chi connectivity index (χ1n) is 8.32. The van der Waals surface area contributed by atoms with E-state index in [1.165, 1.54) is 11.3 Å². The highest BCUT2D eigenvalue weighted by molar-refractivity contribution is 7.18. The van der Waals surface area contributed by atoms with Gasteiger partial charge in [0.25, 0.3) is 11.8 Å². The minimum Gasteiger partial charge on any atom is -0.335 e. The van der Waals surface area contributed by atoms with Gasteiger partial charge in [-0.1, -0.05) is 12.1 Å². The van der Waals surface area contributed by atoms with Gasteiger partial charge in [-0.15, -0.1) is 34.0 Å². The molecule has 5 rings (SSSR count). The molecule has 0 spiro atoms. The summed E-state index contributed by atoms with van der Waals surface area (Å²) in [6.07, 6.45) is 0. The molecule has 0 aliphatic carbocycles. The minimum absolute atomic E-state index is 0.227. The Balaban J connectivity index is 1.73. The number of carbonyl (C=O) groups is 2. The fourth-order valence-corrected chi connectivity index (χ4v) is 5.39. The second-order valence-electron chi connectivity index (χ2n) is 6.09. The largest absolute Gasteiger partial charge is 0.335 e. The van der Waals surface area contributed by atoms with Crippen LogP contribution in [0.4, 0.5) is 5.82 Å². The van der Waals surface area contributed by atoms with E-state index >= 15 is 0 Å². The monoisotopic (exact) mass is 424 g/mol. The maximum absolute atomic E-state index is 12.2. The molecular formula is C19H12N4O2S3. The van der Waals surface area contributed by atoms with Crippen LogP contribution in [0.5, 0.6) is 0 Å².